The SMILES string of the molecule is Cc1nc(SCCC2CCCCN2C)c2ccccc2n1. The predicted molar refractivity (Wildman–Crippen MR) is 89.9 cm³/mol. The molecule has 0 saturated carbocycles. The molecule has 1 aliphatic rings. The molecule has 2 heterocycles. The van der Waals surface area contributed by atoms with Gasteiger partial charge in [0.1, 0.15) is 10.9 Å². The maximum atomic E-state index is 4.64. The van der Waals surface area contributed by atoms with Gasteiger partial charge in [-0.3, -0.25) is 0 Å². The molecule has 1 aliphatic heterocycles. The fourth-order valence-corrected chi connectivity index (χ4v) is 4.18. The summed E-state index contributed by atoms with van der Waals surface area (Å²) in [6.07, 6.45) is 5.34. The van der Waals surface area contributed by atoms with E-state index in [1.807, 2.05) is 24.8 Å². The Labute approximate surface area is 131 Å². The van der Waals surface area contributed by atoms with Crippen LogP contribution in [0, 0.1) is 6.92 Å². The quantitative estimate of drug-likeness (QED) is 0.632. The summed E-state index contributed by atoms with van der Waals surface area (Å²) in [6, 6.07) is 9.06. The number of aryl methyl sites for hydroxylation is 1. The summed E-state index contributed by atoms with van der Waals surface area (Å²) < 4.78 is 0. The molecule has 0 aliphatic carbocycles. The van der Waals surface area contributed by atoms with Gasteiger partial charge in [-0.25, -0.2) is 9.97 Å². The Hall–Kier alpha value is -1.13. The molecule has 1 atom stereocenters. The van der Waals surface area contributed by atoms with Gasteiger partial charge in [0.05, 0.1) is 5.52 Å². The molecule has 0 amide bonds. The van der Waals surface area contributed by atoms with Crippen molar-refractivity contribution in [3.63, 3.8) is 0 Å². The summed E-state index contributed by atoms with van der Waals surface area (Å²) in [5.41, 5.74) is 1.06. The second kappa shape index (κ2) is 6.75. The van der Waals surface area contributed by atoms with Crippen molar-refractivity contribution >= 4 is 22.7 Å². The highest BCUT2D eigenvalue weighted by Crippen LogP contribution is 2.27. The van der Waals surface area contributed by atoms with Crippen LogP contribution in [0.1, 0.15) is 31.5 Å². The Morgan fingerprint density at radius 3 is 2.95 bits per heavy atom. The molecular weight excluding hydrogens is 278 g/mol. The highest BCUT2D eigenvalue weighted by atomic mass is 32.2. The number of likely N-dealkylation sites (tertiary alicyclic amines) is 1. The van der Waals surface area contributed by atoms with Gasteiger partial charge >= 0.3 is 0 Å². The Morgan fingerprint density at radius 2 is 2.10 bits per heavy atom. The van der Waals surface area contributed by atoms with Crippen molar-refractivity contribution in [2.45, 2.75) is 43.7 Å². The lowest BCUT2D eigenvalue weighted by molar-refractivity contribution is 0.182. The molecule has 21 heavy (non-hydrogen) atoms. The van der Waals surface area contributed by atoms with Gasteiger partial charge in [-0.15, -0.1) is 11.8 Å². The van der Waals surface area contributed by atoms with Crippen LogP contribution >= 0.6 is 11.8 Å². The van der Waals surface area contributed by atoms with Gasteiger partial charge in [-0.2, -0.15) is 0 Å². The van der Waals surface area contributed by atoms with Crippen molar-refractivity contribution in [2.75, 3.05) is 19.3 Å². The van der Waals surface area contributed by atoms with E-state index < -0.39 is 0 Å². The van der Waals surface area contributed by atoms with E-state index in [0.717, 1.165) is 28.2 Å². The summed E-state index contributed by atoms with van der Waals surface area (Å²) in [7, 11) is 2.26. The molecule has 112 valence electrons. The molecule has 3 nitrogen and oxygen atoms in total. The molecule has 4 heteroatoms. The molecule has 0 bridgehead atoms. The van der Waals surface area contributed by atoms with Crippen LogP contribution in [0.3, 0.4) is 0 Å². The van der Waals surface area contributed by atoms with Gasteiger partial charge in [-0.05, 0) is 45.8 Å². The minimum atomic E-state index is 0.750. The van der Waals surface area contributed by atoms with Crippen LogP contribution in [0.4, 0.5) is 0 Å². The van der Waals surface area contributed by atoms with Crippen LogP contribution in [0.5, 0.6) is 0 Å². The lowest BCUT2D eigenvalue weighted by Gasteiger charge is -2.32. The van der Waals surface area contributed by atoms with E-state index in [-0.39, 0.29) is 0 Å². The van der Waals surface area contributed by atoms with Crippen LogP contribution in [-0.4, -0.2) is 40.3 Å². The number of aromatic nitrogens is 2. The van der Waals surface area contributed by atoms with Crippen molar-refractivity contribution in [1.29, 1.82) is 0 Å². The maximum absolute atomic E-state index is 4.64. The van der Waals surface area contributed by atoms with Gasteiger partial charge < -0.3 is 4.90 Å². The lowest BCUT2D eigenvalue weighted by atomic mass is 10.0. The van der Waals surface area contributed by atoms with E-state index in [2.05, 4.69) is 40.1 Å². The van der Waals surface area contributed by atoms with Crippen molar-refractivity contribution in [1.82, 2.24) is 14.9 Å². The molecular formula is C17H23N3S. The average Bonchev–Trinajstić information content (AvgIpc) is 2.49. The van der Waals surface area contributed by atoms with Gasteiger partial charge in [0.25, 0.3) is 0 Å². The molecule has 1 aromatic heterocycles. The molecule has 0 spiro atoms. The number of hydrogen-bond acceptors (Lipinski definition) is 4. The molecule has 1 saturated heterocycles. The standard InChI is InChI=1S/C17H23N3S/c1-13-18-16-9-4-3-8-15(16)17(19-13)21-12-10-14-7-5-6-11-20(14)2/h3-4,8-9,14H,5-7,10-12H2,1-2H3. The Morgan fingerprint density at radius 1 is 1.24 bits per heavy atom. The number of hydrogen-bond donors (Lipinski definition) is 0. The van der Waals surface area contributed by atoms with Gasteiger partial charge in [0.15, 0.2) is 0 Å². The van der Waals surface area contributed by atoms with Crippen LogP contribution in [0.2, 0.25) is 0 Å². The number of fused-ring (bicyclic) bond motifs is 1. The van der Waals surface area contributed by atoms with E-state index in [4.69, 9.17) is 0 Å². The van der Waals surface area contributed by atoms with Crippen molar-refractivity contribution in [3.05, 3.63) is 30.1 Å². The number of nitrogens with zero attached hydrogens (tertiary/aromatic N) is 3. The lowest BCUT2D eigenvalue weighted by Crippen LogP contribution is -2.36. The summed E-state index contributed by atoms with van der Waals surface area (Å²) in [6.45, 7) is 3.23. The fraction of sp³-hybridized carbons (Fsp3) is 0.529. The Kier molecular flexibility index (Phi) is 4.76. The highest BCUT2D eigenvalue weighted by molar-refractivity contribution is 7.99. The predicted octanol–water partition coefficient (Wildman–Crippen LogP) is 3.90. The number of rotatable bonds is 4. The zero-order valence-corrected chi connectivity index (χ0v) is 13.7. The van der Waals surface area contributed by atoms with Gasteiger partial charge in [0, 0.05) is 17.2 Å². The van der Waals surface area contributed by atoms with Crippen molar-refractivity contribution in [3.8, 4) is 0 Å². The number of benzene rings is 1. The third kappa shape index (κ3) is 3.55. The summed E-state index contributed by atoms with van der Waals surface area (Å²) >= 11 is 1.88. The average molecular weight is 301 g/mol. The van der Waals surface area contributed by atoms with E-state index in [1.165, 1.54) is 37.6 Å². The van der Waals surface area contributed by atoms with Gasteiger partial charge in [-0.1, -0.05) is 24.6 Å². The first-order valence-corrected chi connectivity index (χ1v) is 8.79. The number of para-hydroxylation sites is 1. The van der Waals surface area contributed by atoms with Crippen molar-refractivity contribution < 1.29 is 0 Å². The molecule has 3 rings (SSSR count). The maximum Gasteiger partial charge on any atom is 0.127 e. The molecule has 1 fully saturated rings. The fourth-order valence-electron chi connectivity index (χ4n) is 3.07. The monoisotopic (exact) mass is 301 g/mol. The van der Waals surface area contributed by atoms with Crippen LogP contribution in [-0.2, 0) is 0 Å². The summed E-state index contributed by atoms with van der Waals surface area (Å²) in [4.78, 5) is 11.7. The summed E-state index contributed by atoms with van der Waals surface area (Å²) in [5, 5.41) is 2.32. The molecule has 2 aromatic rings. The topological polar surface area (TPSA) is 29.0 Å². The Bertz CT molecular complexity index is 614. The first-order valence-electron chi connectivity index (χ1n) is 7.80. The van der Waals surface area contributed by atoms with Crippen molar-refractivity contribution in [2.24, 2.45) is 0 Å². The minimum Gasteiger partial charge on any atom is -0.303 e. The molecule has 0 radical (unpaired) electrons. The normalized spacial score (nSPS) is 20.0. The Balaban J connectivity index is 1.67. The third-order valence-corrected chi connectivity index (χ3v) is 5.32. The van der Waals surface area contributed by atoms with E-state index in [9.17, 15) is 0 Å². The first-order chi connectivity index (χ1) is 10.2. The van der Waals surface area contributed by atoms with E-state index >= 15 is 0 Å². The van der Waals surface area contributed by atoms with Gasteiger partial charge in [0.2, 0.25) is 0 Å². The second-order valence-electron chi connectivity index (χ2n) is 5.86. The van der Waals surface area contributed by atoms with E-state index in [1.54, 1.807) is 0 Å². The second-order valence-corrected chi connectivity index (χ2v) is 6.94. The number of piperidine rings is 1. The smallest absolute Gasteiger partial charge is 0.127 e. The largest absolute Gasteiger partial charge is 0.303 e. The zero-order chi connectivity index (χ0) is 14.7. The summed E-state index contributed by atoms with van der Waals surface area (Å²) in [5.74, 6) is 2.00. The van der Waals surface area contributed by atoms with Crippen LogP contribution in [0.15, 0.2) is 29.3 Å². The zero-order valence-electron chi connectivity index (χ0n) is 12.9. The molecule has 1 aromatic carbocycles. The first kappa shape index (κ1) is 14.8. The minimum absolute atomic E-state index is 0.750. The molecule has 1 unspecified atom stereocenters. The van der Waals surface area contributed by atoms with Crippen LogP contribution < -0.4 is 0 Å². The third-order valence-electron chi connectivity index (χ3n) is 4.29. The highest BCUT2D eigenvalue weighted by Gasteiger charge is 2.18. The number of thioether (sulfide) groups is 1. The molecule has 0 N–H and O–H groups in total. The van der Waals surface area contributed by atoms with E-state index in [0.29, 0.717) is 0 Å². The van der Waals surface area contributed by atoms with Crippen LogP contribution in [0.25, 0.3) is 10.9 Å².